The minimum absolute atomic E-state index is 0.0498. The van der Waals surface area contributed by atoms with Gasteiger partial charge in [0.2, 0.25) is 0 Å². The quantitative estimate of drug-likeness (QED) is 0.466. The van der Waals surface area contributed by atoms with Crippen molar-refractivity contribution in [2.75, 3.05) is 7.11 Å². The van der Waals surface area contributed by atoms with Crippen LogP contribution in [0.25, 0.3) is 0 Å². The topological polar surface area (TPSA) is 125 Å². The average Bonchev–Trinajstić information content (AvgIpc) is 3.11. The normalized spacial score (nSPS) is 22.5. The van der Waals surface area contributed by atoms with Gasteiger partial charge in [0.25, 0.3) is 5.56 Å². The van der Waals surface area contributed by atoms with Gasteiger partial charge in [-0.2, -0.15) is 0 Å². The summed E-state index contributed by atoms with van der Waals surface area (Å²) in [5.41, 5.74) is 0.391. The van der Waals surface area contributed by atoms with Gasteiger partial charge in [0.1, 0.15) is 6.61 Å². The van der Waals surface area contributed by atoms with Crippen molar-refractivity contribution in [3.05, 3.63) is 81.3 Å². The summed E-state index contributed by atoms with van der Waals surface area (Å²) in [6, 6.07) is 13.8. The van der Waals surface area contributed by atoms with Gasteiger partial charge in [-0.1, -0.05) is 36.4 Å². The van der Waals surface area contributed by atoms with Gasteiger partial charge in [-0.05, 0) is 30.2 Å². The van der Waals surface area contributed by atoms with Crippen molar-refractivity contribution in [3.8, 4) is 11.5 Å². The van der Waals surface area contributed by atoms with Crippen LogP contribution in [0.1, 0.15) is 35.2 Å². The molecule has 0 radical (unpaired) electrons. The summed E-state index contributed by atoms with van der Waals surface area (Å²) in [4.78, 5) is 25.9. The van der Waals surface area contributed by atoms with Crippen LogP contribution in [-0.4, -0.2) is 39.1 Å². The average molecular weight is 424 g/mol. The van der Waals surface area contributed by atoms with E-state index in [0.717, 1.165) is 5.56 Å². The Morgan fingerprint density at radius 2 is 1.94 bits per heavy atom. The highest BCUT2D eigenvalue weighted by molar-refractivity contribution is 5.77. The number of aromatic hydroxyl groups is 1. The summed E-state index contributed by atoms with van der Waals surface area (Å²) < 4.78 is 10.8. The molecule has 0 saturated heterocycles. The number of benzene rings is 2. The zero-order chi connectivity index (χ0) is 22.2. The van der Waals surface area contributed by atoms with Gasteiger partial charge in [-0.15, -0.1) is 0 Å². The number of fused-ring (bicyclic) bond motifs is 1. The lowest BCUT2D eigenvalue weighted by Crippen LogP contribution is -2.50. The van der Waals surface area contributed by atoms with Crippen LogP contribution < -0.4 is 10.3 Å². The van der Waals surface area contributed by atoms with Crippen LogP contribution in [0.5, 0.6) is 11.5 Å². The minimum Gasteiger partial charge on any atom is -0.504 e. The number of esters is 1. The van der Waals surface area contributed by atoms with Crippen LogP contribution in [0.2, 0.25) is 0 Å². The first kappa shape index (κ1) is 20.7. The molecule has 31 heavy (non-hydrogen) atoms. The number of phenolic OH excluding ortho intramolecular Hbond substituents is 1. The van der Waals surface area contributed by atoms with Gasteiger partial charge >= 0.3 is 5.97 Å². The molecule has 0 saturated carbocycles. The van der Waals surface area contributed by atoms with E-state index in [0.29, 0.717) is 16.8 Å². The molecule has 0 fully saturated rings. The van der Waals surface area contributed by atoms with Crippen molar-refractivity contribution in [1.82, 2.24) is 10.2 Å². The zero-order valence-electron chi connectivity index (χ0n) is 17.2. The predicted molar refractivity (Wildman–Crippen MR) is 112 cm³/mol. The number of aromatic amines is 2. The number of nitrogens with one attached hydrogen (secondary N) is 2. The monoisotopic (exact) mass is 424 g/mol. The van der Waals surface area contributed by atoms with E-state index in [1.54, 1.807) is 19.1 Å². The van der Waals surface area contributed by atoms with E-state index in [9.17, 15) is 19.8 Å². The lowest BCUT2D eigenvalue weighted by molar-refractivity contribution is -0.161. The fraction of sp³-hybridized carbons (Fsp3) is 0.304. The highest BCUT2D eigenvalue weighted by Gasteiger charge is 2.51. The Morgan fingerprint density at radius 3 is 2.65 bits per heavy atom. The smallest absolute Gasteiger partial charge is 0.313 e. The predicted octanol–water partition coefficient (Wildman–Crippen LogP) is 2.22. The second kappa shape index (κ2) is 7.96. The molecule has 1 heterocycles. The Kier molecular flexibility index (Phi) is 5.32. The molecule has 8 heteroatoms. The largest absolute Gasteiger partial charge is 0.504 e. The molecule has 162 valence electrons. The highest BCUT2D eigenvalue weighted by atomic mass is 16.5. The van der Waals surface area contributed by atoms with Crippen LogP contribution in [0.4, 0.5) is 0 Å². The molecule has 0 amide bonds. The first-order chi connectivity index (χ1) is 14.8. The Balaban J connectivity index is 1.77. The van der Waals surface area contributed by atoms with Crippen molar-refractivity contribution in [3.63, 3.8) is 0 Å². The van der Waals surface area contributed by atoms with Crippen molar-refractivity contribution < 1.29 is 24.5 Å². The second-order valence-corrected chi connectivity index (χ2v) is 7.99. The molecular formula is C23H24N2O6. The van der Waals surface area contributed by atoms with Crippen molar-refractivity contribution in [2.24, 2.45) is 5.92 Å². The van der Waals surface area contributed by atoms with Crippen LogP contribution in [0.15, 0.2) is 53.3 Å². The highest BCUT2D eigenvalue weighted by Crippen LogP contribution is 2.46. The number of ether oxygens (including phenoxy) is 2. The number of hydrogen-bond donors (Lipinski definition) is 4. The molecule has 3 atom stereocenters. The molecule has 4 rings (SSSR count). The summed E-state index contributed by atoms with van der Waals surface area (Å²) in [7, 11) is 1.41. The third-order valence-electron chi connectivity index (χ3n) is 5.79. The van der Waals surface area contributed by atoms with Crippen molar-refractivity contribution in [1.29, 1.82) is 0 Å². The molecular weight excluding hydrogens is 400 g/mol. The Morgan fingerprint density at radius 1 is 1.19 bits per heavy atom. The maximum Gasteiger partial charge on any atom is 0.313 e. The first-order valence-corrected chi connectivity index (χ1v) is 9.91. The summed E-state index contributed by atoms with van der Waals surface area (Å²) in [5, 5.41) is 26.6. The number of aromatic nitrogens is 2. The summed E-state index contributed by atoms with van der Waals surface area (Å²) >= 11 is 0. The molecule has 1 aromatic heterocycles. The molecule has 0 bridgehead atoms. The fourth-order valence-electron chi connectivity index (χ4n) is 4.32. The minimum atomic E-state index is -1.48. The molecule has 2 aromatic carbocycles. The first-order valence-electron chi connectivity index (χ1n) is 9.91. The molecule has 1 aliphatic rings. The van der Waals surface area contributed by atoms with E-state index in [2.05, 4.69) is 10.2 Å². The molecule has 8 nitrogen and oxygen atoms in total. The SMILES string of the molecule is COc1cc([C@@H]2c3c([nH][nH]c3=O)C[C@](C)(O)[C@@H]2C(=O)OCc2ccccc2)ccc1O. The number of rotatable bonds is 5. The van der Waals surface area contributed by atoms with Crippen LogP contribution in [0, 0.1) is 5.92 Å². The molecule has 1 aliphatic carbocycles. The van der Waals surface area contributed by atoms with Gasteiger partial charge in [0, 0.05) is 23.6 Å². The lowest BCUT2D eigenvalue weighted by atomic mass is 9.66. The van der Waals surface area contributed by atoms with Gasteiger partial charge in [0.15, 0.2) is 11.5 Å². The second-order valence-electron chi connectivity index (χ2n) is 7.99. The number of H-pyrrole nitrogens is 2. The van der Waals surface area contributed by atoms with Gasteiger partial charge in [0.05, 0.1) is 18.6 Å². The zero-order valence-corrected chi connectivity index (χ0v) is 17.2. The van der Waals surface area contributed by atoms with E-state index in [-0.39, 0.29) is 30.1 Å². The fourth-order valence-corrected chi connectivity index (χ4v) is 4.32. The van der Waals surface area contributed by atoms with Gasteiger partial charge < -0.3 is 24.8 Å². The summed E-state index contributed by atoms with van der Waals surface area (Å²) in [6.07, 6.45) is 0.0812. The number of carbonyl (C=O) groups excluding carboxylic acids is 1. The van der Waals surface area contributed by atoms with E-state index < -0.39 is 23.4 Å². The molecule has 0 spiro atoms. The number of methoxy groups -OCH3 is 1. The maximum atomic E-state index is 13.2. The van der Waals surface area contributed by atoms with Crippen molar-refractivity contribution >= 4 is 5.97 Å². The Labute approximate surface area is 178 Å². The summed E-state index contributed by atoms with van der Waals surface area (Å²) in [6.45, 7) is 1.61. The number of phenols is 1. The van der Waals surface area contributed by atoms with Gasteiger partial charge in [-0.3, -0.25) is 14.7 Å². The number of aliphatic hydroxyl groups is 1. The standard InChI is InChI=1S/C23H24N2O6/c1-23(29)11-15-19(21(27)25-24-15)18(14-8-9-16(26)17(10-14)30-2)20(23)22(28)31-12-13-6-4-3-5-7-13/h3-10,18,20,26,29H,11-12H2,1-2H3,(H2,24,25,27)/t18-,20+,23+/m1/s1. The van der Waals surface area contributed by atoms with E-state index in [4.69, 9.17) is 9.47 Å². The third kappa shape index (κ3) is 3.82. The van der Waals surface area contributed by atoms with E-state index in [1.165, 1.54) is 13.2 Å². The van der Waals surface area contributed by atoms with Crippen LogP contribution in [-0.2, 0) is 22.6 Å². The van der Waals surface area contributed by atoms with E-state index in [1.807, 2.05) is 30.3 Å². The Bertz CT molecular complexity index is 1150. The lowest BCUT2D eigenvalue weighted by Gasteiger charge is -2.40. The Hall–Kier alpha value is -3.52. The number of hydrogen-bond acceptors (Lipinski definition) is 6. The maximum absolute atomic E-state index is 13.2. The molecule has 4 N–H and O–H groups in total. The summed E-state index contributed by atoms with van der Waals surface area (Å²) in [5.74, 6) is -2.33. The van der Waals surface area contributed by atoms with Crippen molar-refractivity contribution in [2.45, 2.75) is 31.5 Å². The molecule has 0 aliphatic heterocycles. The molecule has 0 unspecified atom stereocenters. The van der Waals surface area contributed by atoms with E-state index >= 15 is 0 Å². The van der Waals surface area contributed by atoms with Crippen LogP contribution >= 0.6 is 0 Å². The number of carbonyl (C=O) groups is 1. The third-order valence-corrected chi connectivity index (χ3v) is 5.79. The van der Waals surface area contributed by atoms with Gasteiger partial charge in [-0.25, -0.2) is 0 Å². The van der Waals surface area contributed by atoms with Crippen LogP contribution in [0.3, 0.4) is 0 Å². The molecule has 3 aromatic rings.